The van der Waals surface area contributed by atoms with E-state index >= 15 is 0 Å². The number of ether oxygens (including phenoxy) is 3. The summed E-state index contributed by atoms with van der Waals surface area (Å²) in [5.41, 5.74) is 3.45. The highest BCUT2D eigenvalue weighted by Gasteiger charge is 2.26. The molecule has 3 aromatic carbocycles. The van der Waals surface area contributed by atoms with Crippen LogP contribution >= 0.6 is 0 Å². The first-order valence-corrected chi connectivity index (χ1v) is 10.2. The molecule has 3 atom stereocenters. The van der Waals surface area contributed by atoms with Gasteiger partial charge < -0.3 is 14.2 Å². The fraction of sp³-hybridized carbons (Fsp3) is 0.308. The zero-order valence-corrected chi connectivity index (χ0v) is 17.2. The van der Waals surface area contributed by atoms with E-state index in [2.05, 4.69) is 50.2 Å². The minimum Gasteiger partial charge on any atom is -0.371 e. The lowest BCUT2D eigenvalue weighted by molar-refractivity contribution is -0.141. The molecule has 0 heterocycles. The normalized spacial score (nSPS) is 14.3. The Labute approximate surface area is 174 Å². The Morgan fingerprint density at radius 2 is 0.793 bits per heavy atom. The van der Waals surface area contributed by atoms with Crippen molar-refractivity contribution < 1.29 is 14.2 Å². The van der Waals surface area contributed by atoms with E-state index in [0.29, 0.717) is 19.8 Å². The van der Waals surface area contributed by atoms with Gasteiger partial charge in [-0.15, -0.1) is 0 Å². The number of hydrogen-bond donors (Lipinski definition) is 0. The van der Waals surface area contributed by atoms with Crippen molar-refractivity contribution in [1.82, 2.24) is 0 Å². The van der Waals surface area contributed by atoms with Gasteiger partial charge >= 0.3 is 0 Å². The zero-order chi connectivity index (χ0) is 20.3. The molecule has 0 spiro atoms. The molecule has 0 aliphatic rings. The molecule has 29 heavy (non-hydrogen) atoms. The van der Waals surface area contributed by atoms with Crippen LogP contribution in [0.2, 0.25) is 0 Å². The predicted molar refractivity (Wildman–Crippen MR) is 116 cm³/mol. The van der Waals surface area contributed by atoms with Crippen molar-refractivity contribution in [3.05, 3.63) is 108 Å². The van der Waals surface area contributed by atoms with Crippen LogP contribution in [-0.2, 0) is 34.0 Å². The third-order valence-electron chi connectivity index (χ3n) is 4.92. The van der Waals surface area contributed by atoms with Gasteiger partial charge in [0.2, 0.25) is 0 Å². The third-order valence-corrected chi connectivity index (χ3v) is 4.92. The van der Waals surface area contributed by atoms with Crippen LogP contribution in [0.5, 0.6) is 0 Å². The Balaban J connectivity index is 1.60. The molecule has 152 valence electrons. The molecule has 0 unspecified atom stereocenters. The van der Waals surface area contributed by atoms with Crippen LogP contribution in [-0.4, -0.2) is 18.3 Å². The molecule has 3 aromatic rings. The van der Waals surface area contributed by atoms with E-state index in [1.807, 2.05) is 54.6 Å². The molecule has 0 aliphatic heterocycles. The number of hydrogen-bond acceptors (Lipinski definition) is 3. The van der Waals surface area contributed by atoms with Crippen molar-refractivity contribution in [1.29, 1.82) is 0 Å². The van der Waals surface area contributed by atoms with E-state index in [1.54, 1.807) is 0 Å². The van der Waals surface area contributed by atoms with Crippen LogP contribution in [0.25, 0.3) is 0 Å². The summed E-state index contributed by atoms with van der Waals surface area (Å²) in [5.74, 6) is 0. The van der Waals surface area contributed by atoms with Gasteiger partial charge in [-0.05, 0) is 30.5 Å². The lowest BCUT2D eigenvalue weighted by Gasteiger charge is -2.30. The average molecular weight is 391 g/mol. The Kier molecular flexibility index (Phi) is 8.44. The highest BCUT2D eigenvalue weighted by Crippen LogP contribution is 2.18. The minimum absolute atomic E-state index is 0.107. The standard InChI is InChI=1S/C26H30O3/c1-21(27-18-23-12-6-3-7-13-23)26(29-20-25-16-10-5-11-17-25)22(2)28-19-24-14-8-4-9-15-24/h3-17,21-22,26H,18-20H2,1-2H3/t21-,22+,26+. The predicted octanol–water partition coefficient (Wildman–Crippen LogP) is 5.78. The highest BCUT2D eigenvalue weighted by atomic mass is 16.6. The molecule has 0 aromatic heterocycles. The molecule has 3 nitrogen and oxygen atoms in total. The minimum atomic E-state index is -0.178. The molecule has 0 N–H and O–H groups in total. The van der Waals surface area contributed by atoms with Gasteiger partial charge in [0.05, 0.1) is 32.0 Å². The van der Waals surface area contributed by atoms with Gasteiger partial charge in [0.25, 0.3) is 0 Å². The largest absolute Gasteiger partial charge is 0.371 e. The molecular weight excluding hydrogens is 360 g/mol. The van der Waals surface area contributed by atoms with Crippen LogP contribution in [0.1, 0.15) is 30.5 Å². The van der Waals surface area contributed by atoms with Gasteiger partial charge in [-0.1, -0.05) is 91.0 Å². The molecule has 0 bridgehead atoms. The third kappa shape index (κ3) is 7.13. The van der Waals surface area contributed by atoms with E-state index in [9.17, 15) is 0 Å². The fourth-order valence-corrected chi connectivity index (χ4v) is 3.21. The van der Waals surface area contributed by atoms with Crippen LogP contribution in [0, 0.1) is 0 Å². The summed E-state index contributed by atoms with van der Waals surface area (Å²) >= 11 is 0. The summed E-state index contributed by atoms with van der Waals surface area (Å²) in [6.45, 7) is 5.75. The van der Waals surface area contributed by atoms with Gasteiger partial charge in [-0.2, -0.15) is 0 Å². The Hall–Kier alpha value is -2.46. The lowest BCUT2D eigenvalue weighted by Crippen LogP contribution is -2.39. The van der Waals surface area contributed by atoms with E-state index in [4.69, 9.17) is 14.2 Å². The quantitative estimate of drug-likeness (QED) is 0.415. The molecule has 3 rings (SSSR count). The van der Waals surface area contributed by atoms with Crippen molar-refractivity contribution in [2.24, 2.45) is 0 Å². The van der Waals surface area contributed by atoms with Crippen molar-refractivity contribution in [2.45, 2.75) is 52.0 Å². The molecule has 3 heteroatoms. The monoisotopic (exact) mass is 390 g/mol. The van der Waals surface area contributed by atoms with Gasteiger partial charge in [0.15, 0.2) is 0 Å². The summed E-state index contributed by atoms with van der Waals surface area (Å²) in [5, 5.41) is 0. The summed E-state index contributed by atoms with van der Waals surface area (Å²) in [6.07, 6.45) is -0.392. The second-order valence-electron chi connectivity index (χ2n) is 7.26. The molecule has 0 saturated carbocycles. The first kappa shape index (κ1) is 21.3. The van der Waals surface area contributed by atoms with E-state index in [0.717, 1.165) is 16.7 Å². The molecule has 0 saturated heterocycles. The van der Waals surface area contributed by atoms with Crippen molar-refractivity contribution >= 4 is 0 Å². The first-order chi connectivity index (χ1) is 14.2. The fourth-order valence-electron chi connectivity index (χ4n) is 3.21. The second kappa shape index (κ2) is 11.5. The molecule has 0 aliphatic carbocycles. The van der Waals surface area contributed by atoms with Gasteiger partial charge in [0, 0.05) is 0 Å². The van der Waals surface area contributed by atoms with Crippen molar-refractivity contribution in [3.63, 3.8) is 0 Å². The SMILES string of the molecule is C[C@H](OCc1ccccc1)[C@@H](OCc1ccccc1)[C@@H](C)OCc1ccccc1. The van der Waals surface area contributed by atoms with Gasteiger partial charge in [0.1, 0.15) is 6.10 Å². The summed E-state index contributed by atoms with van der Waals surface area (Å²) in [4.78, 5) is 0. The van der Waals surface area contributed by atoms with Crippen LogP contribution in [0.3, 0.4) is 0 Å². The van der Waals surface area contributed by atoms with Crippen LogP contribution in [0.4, 0.5) is 0 Å². The van der Waals surface area contributed by atoms with Crippen molar-refractivity contribution in [2.75, 3.05) is 0 Å². The Bertz CT molecular complexity index is 756. The maximum atomic E-state index is 6.28. The van der Waals surface area contributed by atoms with Gasteiger partial charge in [-0.25, -0.2) is 0 Å². The summed E-state index contributed by atoms with van der Waals surface area (Å²) in [6, 6.07) is 30.6. The topological polar surface area (TPSA) is 27.7 Å². The maximum absolute atomic E-state index is 6.28. The molecule has 0 fully saturated rings. The number of benzene rings is 3. The molecule has 0 amide bonds. The molecular formula is C26H30O3. The smallest absolute Gasteiger partial charge is 0.110 e. The van der Waals surface area contributed by atoms with Crippen molar-refractivity contribution in [3.8, 4) is 0 Å². The highest BCUT2D eigenvalue weighted by molar-refractivity contribution is 5.15. The van der Waals surface area contributed by atoms with E-state index in [-0.39, 0.29) is 18.3 Å². The second-order valence-corrected chi connectivity index (χ2v) is 7.26. The van der Waals surface area contributed by atoms with Crippen LogP contribution in [0.15, 0.2) is 91.0 Å². The lowest BCUT2D eigenvalue weighted by atomic mass is 10.1. The van der Waals surface area contributed by atoms with E-state index in [1.165, 1.54) is 0 Å². The maximum Gasteiger partial charge on any atom is 0.110 e. The Morgan fingerprint density at radius 3 is 1.14 bits per heavy atom. The van der Waals surface area contributed by atoms with E-state index < -0.39 is 0 Å². The average Bonchev–Trinajstić information content (AvgIpc) is 2.78. The Morgan fingerprint density at radius 1 is 0.483 bits per heavy atom. The molecule has 0 radical (unpaired) electrons. The van der Waals surface area contributed by atoms with Gasteiger partial charge in [-0.3, -0.25) is 0 Å². The van der Waals surface area contributed by atoms with Crippen LogP contribution < -0.4 is 0 Å². The first-order valence-electron chi connectivity index (χ1n) is 10.2. The summed E-state index contributed by atoms with van der Waals surface area (Å²) < 4.78 is 18.6. The number of rotatable bonds is 11. The zero-order valence-electron chi connectivity index (χ0n) is 17.2. The summed E-state index contributed by atoms with van der Waals surface area (Å²) in [7, 11) is 0.